The van der Waals surface area contributed by atoms with Gasteiger partial charge in [0.15, 0.2) is 0 Å². The number of carboxylic acids is 1. The SMILES string of the molecule is O=C(O)C1(c2ccccc2C2CCOC2)CC1. The van der Waals surface area contributed by atoms with E-state index in [0.29, 0.717) is 5.92 Å². The molecule has 1 aliphatic carbocycles. The van der Waals surface area contributed by atoms with Gasteiger partial charge in [0.25, 0.3) is 0 Å². The Morgan fingerprint density at radius 1 is 1.35 bits per heavy atom. The van der Waals surface area contributed by atoms with Gasteiger partial charge in [-0.05, 0) is 30.4 Å². The summed E-state index contributed by atoms with van der Waals surface area (Å²) in [5, 5.41) is 9.39. The van der Waals surface area contributed by atoms with E-state index in [2.05, 4.69) is 6.07 Å². The normalized spacial score (nSPS) is 25.8. The Bertz CT molecular complexity index is 443. The van der Waals surface area contributed by atoms with Gasteiger partial charge in [0.05, 0.1) is 12.0 Å². The van der Waals surface area contributed by atoms with Crippen LogP contribution in [0.25, 0.3) is 0 Å². The van der Waals surface area contributed by atoms with E-state index in [1.165, 1.54) is 5.56 Å². The minimum Gasteiger partial charge on any atom is -0.481 e. The van der Waals surface area contributed by atoms with E-state index in [0.717, 1.165) is 38.0 Å². The predicted molar refractivity (Wildman–Crippen MR) is 63.2 cm³/mol. The lowest BCUT2D eigenvalue weighted by molar-refractivity contribution is -0.140. The van der Waals surface area contributed by atoms with Crippen LogP contribution in [0.15, 0.2) is 24.3 Å². The first-order chi connectivity index (χ1) is 8.24. The second kappa shape index (κ2) is 3.84. The molecule has 17 heavy (non-hydrogen) atoms. The lowest BCUT2D eigenvalue weighted by Crippen LogP contribution is -2.22. The van der Waals surface area contributed by atoms with Gasteiger partial charge >= 0.3 is 5.97 Å². The number of hydrogen-bond acceptors (Lipinski definition) is 2. The molecule has 1 atom stereocenters. The van der Waals surface area contributed by atoms with E-state index in [-0.39, 0.29) is 0 Å². The monoisotopic (exact) mass is 232 g/mol. The minimum atomic E-state index is -0.677. The maximum absolute atomic E-state index is 11.4. The van der Waals surface area contributed by atoms with Gasteiger partial charge in [-0.1, -0.05) is 24.3 Å². The fourth-order valence-electron chi connectivity index (χ4n) is 2.79. The Kier molecular flexibility index (Phi) is 2.44. The summed E-state index contributed by atoms with van der Waals surface area (Å²) >= 11 is 0. The van der Waals surface area contributed by atoms with Gasteiger partial charge in [-0.15, -0.1) is 0 Å². The highest BCUT2D eigenvalue weighted by Crippen LogP contribution is 2.51. The quantitative estimate of drug-likeness (QED) is 0.869. The van der Waals surface area contributed by atoms with Crippen molar-refractivity contribution in [3.63, 3.8) is 0 Å². The Labute approximate surface area is 100 Å². The number of hydrogen-bond donors (Lipinski definition) is 1. The molecule has 0 amide bonds. The standard InChI is InChI=1S/C14H16O3/c15-13(16)14(6-7-14)12-4-2-1-3-11(12)10-5-8-17-9-10/h1-4,10H,5-9H2,(H,15,16). The van der Waals surface area contributed by atoms with E-state index in [1.807, 2.05) is 18.2 Å². The molecule has 1 heterocycles. The summed E-state index contributed by atoms with van der Waals surface area (Å²) in [7, 11) is 0. The van der Waals surface area contributed by atoms with Crippen LogP contribution in [0.2, 0.25) is 0 Å². The molecule has 1 aliphatic heterocycles. The molecule has 0 spiro atoms. The highest BCUT2D eigenvalue weighted by Gasteiger charge is 2.53. The van der Waals surface area contributed by atoms with E-state index in [1.54, 1.807) is 0 Å². The molecule has 3 nitrogen and oxygen atoms in total. The molecule has 2 fully saturated rings. The molecule has 2 aliphatic rings. The van der Waals surface area contributed by atoms with Crippen LogP contribution in [-0.2, 0) is 14.9 Å². The average Bonchev–Trinajstić information content (AvgIpc) is 2.98. The highest BCUT2D eigenvalue weighted by molar-refractivity contribution is 5.85. The third-order valence-electron chi connectivity index (χ3n) is 4.01. The molecule has 3 rings (SSSR count). The molecule has 1 aromatic carbocycles. The Hall–Kier alpha value is -1.35. The fraction of sp³-hybridized carbons (Fsp3) is 0.500. The Morgan fingerprint density at radius 3 is 2.71 bits per heavy atom. The summed E-state index contributed by atoms with van der Waals surface area (Å²) in [5.74, 6) is -0.299. The third kappa shape index (κ3) is 1.65. The summed E-state index contributed by atoms with van der Waals surface area (Å²) in [5.41, 5.74) is 1.60. The van der Waals surface area contributed by atoms with Gasteiger partial charge in [-0.3, -0.25) is 4.79 Å². The van der Waals surface area contributed by atoms with Crippen molar-refractivity contribution in [2.75, 3.05) is 13.2 Å². The van der Waals surface area contributed by atoms with Crippen molar-refractivity contribution in [2.45, 2.75) is 30.6 Å². The van der Waals surface area contributed by atoms with Crippen LogP contribution in [0.4, 0.5) is 0 Å². The third-order valence-corrected chi connectivity index (χ3v) is 4.01. The molecule has 0 radical (unpaired) electrons. The van der Waals surface area contributed by atoms with Crippen LogP contribution in [0.5, 0.6) is 0 Å². The molecule has 1 saturated heterocycles. The van der Waals surface area contributed by atoms with Gasteiger partial charge in [-0.2, -0.15) is 0 Å². The maximum Gasteiger partial charge on any atom is 0.314 e. The first kappa shape index (κ1) is 10.8. The van der Waals surface area contributed by atoms with Crippen LogP contribution in [0, 0.1) is 0 Å². The van der Waals surface area contributed by atoms with E-state index in [4.69, 9.17) is 4.74 Å². The molecule has 90 valence electrons. The number of carboxylic acid groups (broad SMARTS) is 1. The molecule has 0 bridgehead atoms. The largest absolute Gasteiger partial charge is 0.481 e. The average molecular weight is 232 g/mol. The number of benzene rings is 1. The number of aliphatic carboxylic acids is 1. The zero-order valence-electron chi connectivity index (χ0n) is 9.69. The van der Waals surface area contributed by atoms with Crippen molar-refractivity contribution in [3.05, 3.63) is 35.4 Å². The molecular formula is C14H16O3. The van der Waals surface area contributed by atoms with Crippen molar-refractivity contribution in [2.24, 2.45) is 0 Å². The van der Waals surface area contributed by atoms with Crippen LogP contribution >= 0.6 is 0 Å². The van der Waals surface area contributed by atoms with Gasteiger partial charge in [-0.25, -0.2) is 0 Å². The fourth-order valence-corrected chi connectivity index (χ4v) is 2.79. The lowest BCUT2D eigenvalue weighted by atomic mass is 9.85. The molecule has 0 aromatic heterocycles. The predicted octanol–water partition coefficient (Wildman–Crippen LogP) is 2.31. The zero-order chi connectivity index (χ0) is 11.9. The van der Waals surface area contributed by atoms with Crippen LogP contribution in [0.1, 0.15) is 36.3 Å². The molecule has 3 heteroatoms. The smallest absolute Gasteiger partial charge is 0.314 e. The van der Waals surface area contributed by atoms with Crippen molar-refractivity contribution >= 4 is 5.97 Å². The highest BCUT2D eigenvalue weighted by atomic mass is 16.5. The first-order valence-electron chi connectivity index (χ1n) is 6.14. The zero-order valence-corrected chi connectivity index (χ0v) is 9.69. The van der Waals surface area contributed by atoms with Gasteiger partial charge in [0, 0.05) is 12.5 Å². The van der Waals surface area contributed by atoms with Crippen molar-refractivity contribution < 1.29 is 14.6 Å². The van der Waals surface area contributed by atoms with Crippen LogP contribution in [-0.4, -0.2) is 24.3 Å². The second-order valence-corrected chi connectivity index (χ2v) is 5.04. The number of carbonyl (C=O) groups is 1. The van der Waals surface area contributed by atoms with Gasteiger partial charge in [0.1, 0.15) is 0 Å². The summed E-state index contributed by atoms with van der Waals surface area (Å²) < 4.78 is 5.41. The maximum atomic E-state index is 11.4. The second-order valence-electron chi connectivity index (χ2n) is 5.04. The number of ether oxygens (including phenoxy) is 1. The number of rotatable bonds is 3. The lowest BCUT2D eigenvalue weighted by Gasteiger charge is -2.19. The topological polar surface area (TPSA) is 46.5 Å². The molecular weight excluding hydrogens is 216 g/mol. The van der Waals surface area contributed by atoms with Gasteiger partial charge in [0.2, 0.25) is 0 Å². The Morgan fingerprint density at radius 2 is 2.12 bits per heavy atom. The van der Waals surface area contributed by atoms with Crippen molar-refractivity contribution in [1.82, 2.24) is 0 Å². The van der Waals surface area contributed by atoms with Gasteiger partial charge < -0.3 is 9.84 Å². The molecule has 1 N–H and O–H groups in total. The van der Waals surface area contributed by atoms with Crippen molar-refractivity contribution in [3.8, 4) is 0 Å². The summed E-state index contributed by atoms with van der Waals surface area (Å²) in [6.07, 6.45) is 2.55. The van der Waals surface area contributed by atoms with E-state index < -0.39 is 11.4 Å². The molecule has 1 unspecified atom stereocenters. The van der Waals surface area contributed by atoms with E-state index >= 15 is 0 Å². The Balaban J connectivity index is 2.02. The van der Waals surface area contributed by atoms with E-state index in [9.17, 15) is 9.90 Å². The van der Waals surface area contributed by atoms with Crippen LogP contribution in [0.3, 0.4) is 0 Å². The summed E-state index contributed by atoms with van der Waals surface area (Å²) in [6, 6.07) is 7.99. The summed E-state index contributed by atoms with van der Waals surface area (Å²) in [4.78, 5) is 11.4. The van der Waals surface area contributed by atoms with Crippen molar-refractivity contribution in [1.29, 1.82) is 0 Å². The minimum absolute atomic E-state index is 0.378. The first-order valence-corrected chi connectivity index (χ1v) is 6.14. The summed E-state index contributed by atoms with van der Waals surface area (Å²) in [6.45, 7) is 1.52. The molecule has 1 saturated carbocycles. The molecule has 1 aromatic rings. The van der Waals surface area contributed by atoms with Crippen LogP contribution < -0.4 is 0 Å².